The monoisotopic (exact) mass is 308 g/mol. The second-order valence-corrected chi connectivity index (χ2v) is 11.8. The number of rotatable bonds is 6. The molecular formula is C13H20N4O3Si. The van der Waals surface area contributed by atoms with E-state index in [9.17, 15) is 10.1 Å². The first-order valence-electron chi connectivity index (χ1n) is 6.75. The standard InChI is InChI=1S/C13H20N4O3Si/c1-21(2,3)7-6-20-9-16-5-4-10-12(14)11(17(18)19)8-15-13(10)16/h4-5,8H,6-7,9H2,1-3H3,(H2,14,15). The summed E-state index contributed by atoms with van der Waals surface area (Å²) in [5.41, 5.74) is 6.40. The topological polar surface area (TPSA) is 96.2 Å². The zero-order valence-electron chi connectivity index (χ0n) is 12.5. The molecule has 0 amide bonds. The number of nitrogens with two attached hydrogens (primary N) is 1. The van der Waals surface area contributed by atoms with Gasteiger partial charge in [0, 0.05) is 26.3 Å². The van der Waals surface area contributed by atoms with E-state index in [0.717, 1.165) is 6.04 Å². The first kappa shape index (κ1) is 15.5. The summed E-state index contributed by atoms with van der Waals surface area (Å²) in [4.78, 5) is 14.4. The molecule has 0 aliphatic rings. The van der Waals surface area contributed by atoms with E-state index in [2.05, 4.69) is 24.6 Å². The third kappa shape index (κ3) is 3.59. The molecule has 0 unspecified atom stereocenters. The zero-order valence-corrected chi connectivity index (χ0v) is 13.5. The van der Waals surface area contributed by atoms with Gasteiger partial charge >= 0.3 is 5.69 Å². The first-order valence-corrected chi connectivity index (χ1v) is 10.5. The Morgan fingerprint density at radius 1 is 1.48 bits per heavy atom. The van der Waals surface area contributed by atoms with Crippen molar-refractivity contribution in [2.45, 2.75) is 32.4 Å². The van der Waals surface area contributed by atoms with Crippen molar-refractivity contribution in [2.24, 2.45) is 0 Å². The van der Waals surface area contributed by atoms with Crippen molar-refractivity contribution >= 4 is 30.5 Å². The van der Waals surface area contributed by atoms with Gasteiger partial charge in [0.1, 0.15) is 24.3 Å². The minimum atomic E-state index is -1.11. The van der Waals surface area contributed by atoms with Gasteiger partial charge in [-0.05, 0) is 12.1 Å². The van der Waals surface area contributed by atoms with E-state index in [0.29, 0.717) is 24.4 Å². The minimum absolute atomic E-state index is 0.144. The lowest BCUT2D eigenvalue weighted by Gasteiger charge is -2.15. The molecule has 7 nitrogen and oxygen atoms in total. The summed E-state index contributed by atoms with van der Waals surface area (Å²) in [5.74, 6) is 0. The molecule has 0 atom stereocenters. The Morgan fingerprint density at radius 3 is 2.81 bits per heavy atom. The number of anilines is 1. The van der Waals surface area contributed by atoms with Crippen LogP contribution < -0.4 is 5.73 Å². The number of aromatic nitrogens is 2. The van der Waals surface area contributed by atoms with Crippen molar-refractivity contribution in [1.29, 1.82) is 0 Å². The Labute approximate surface area is 123 Å². The van der Waals surface area contributed by atoms with Crippen LogP contribution in [0.25, 0.3) is 11.0 Å². The van der Waals surface area contributed by atoms with E-state index in [-0.39, 0.29) is 11.4 Å². The molecule has 0 aliphatic carbocycles. The van der Waals surface area contributed by atoms with Crippen LogP contribution in [0.2, 0.25) is 25.7 Å². The van der Waals surface area contributed by atoms with Gasteiger partial charge in [-0.1, -0.05) is 19.6 Å². The van der Waals surface area contributed by atoms with Crippen LogP contribution in [-0.4, -0.2) is 29.2 Å². The van der Waals surface area contributed by atoms with Crippen LogP contribution in [-0.2, 0) is 11.5 Å². The van der Waals surface area contributed by atoms with E-state index in [4.69, 9.17) is 10.5 Å². The molecule has 0 saturated carbocycles. The van der Waals surface area contributed by atoms with Crippen LogP contribution in [0.5, 0.6) is 0 Å². The smallest absolute Gasteiger partial charge is 0.311 e. The van der Waals surface area contributed by atoms with E-state index >= 15 is 0 Å². The molecule has 0 spiro atoms. The second-order valence-electron chi connectivity index (χ2n) is 6.19. The lowest BCUT2D eigenvalue weighted by Crippen LogP contribution is -2.22. The maximum atomic E-state index is 10.8. The molecule has 0 bridgehead atoms. The number of hydrogen-bond acceptors (Lipinski definition) is 5. The predicted molar refractivity (Wildman–Crippen MR) is 84.9 cm³/mol. The highest BCUT2D eigenvalue weighted by Crippen LogP contribution is 2.29. The molecule has 21 heavy (non-hydrogen) atoms. The van der Waals surface area contributed by atoms with Gasteiger partial charge in [0.05, 0.1) is 4.92 Å². The number of nitro groups is 1. The van der Waals surface area contributed by atoms with E-state index < -0.39 is 13.0 Å². The SMILES string of the molecule is C[Si](C)(C)CCOCn1ccc2c(N)c([N+](=O)[O-])cnc21. The van der Waals surface area contributed by atoms with Crippen molar-refractivity contribution < 1.29 is 9.66 Å². The van der Waals surface area contributed by atoms with Crippen molar-refractivity contribution in [3.05, 3.63) is 28.6 Å². The number of fused-ring (bicyclic) bond motifs is 1. The van der Waals surface area contributed by atoms with Crippen LogP contribution in [0.4, 0.5) is 11.4 Å². The summed E-state index contributed by atoms with van der Waals surface area (Å²) in [5, 5.41) is 11.4. The van der Waals surface area contributed by atoms with Gasteiger partial charge in [0.2, 0.25) is 0 Å². The van der Waals surface area contributed by atoms with Crippen molar-refractivity contribution in [3.63, 3.8) is 0 Å². The number of nitrogens with zero attached hydrogens (tertiary/aromatic N) is 3. The normalized spacial score (nSPS) is 12.0. The molecule has 2 rings (SSSR count). The van der Waals surface area contributed by atoms with Crippen LogP contribution in [0.3, 0.4) is 0 Å². The lowest BCUT2D eigenvalue weighted by atomic mass is 10.2. The highest BCUT2D eigenvalue weighted by Gasteiger charge is 2.17. The van der Waals surface area contributed by atoms with Crippen molar-refractivity contribution in [1.82, 2.24) is 9.55 Å². The van der Waals surface area contributed by atoms with Gasteiger partial charge in [-0.15, -0.1) is 0 Å². The number of ether oxygens (including phenoxy) is 1. The van der Waals surface area contributed by atoms with Crippen molar-refractivity contribution in [2.75, 3.05) is 12.3 Å². The molecule has 114 valence electrons. The van der Waals surface area contributed by atoms with Gasteiger partial charge in [-0.2, -0.15) is 0 Å². The lowest BCUT2D eigenvalue weighted by molar-refractivity contribution is -0.384. The number of nitrogen functional groups attached to an aromatic ring is 1. The highest BCUT2D eigenvalue weighted by atomic mass is 28.3. The maximum absolute atomic E-state index is 10.8. The Morgan fingerprint density at radius 2 is 2.19 bits per heavy atom. The molecule has 0 radical (unpaired) electrons. The van der Waals surface area contributed by atoms with Crippen LogP contribution in [0.1, 0.15) is 0 Å². The Kier molecular flexibility index (Phi) is 4.28. The summed E-state index contributed by atoms with van der Waals surface area (Å²) in [6.45, 7) is 7.96. The zero-order chi connectivity index (χ0) is 15.6. The first-order chi connectivity index (χ1) is 9.79. The molecule has 2 aromatic heterocycles. The van der Waals surface area contributed by atoms with Crippen LogP contribution in [0, 0.1) is 10.1 Å². The molecule has 0 aromatic carbocycles. The fourth-order valence-corrected chi connectivity index (χ4v) is 2.70. The minimum Gasteiger partial charge on any atom is -0.393 e. The highest BCUT2D eigenvalue weighted by molar-refractivity contribution is 6.76. The largest absolute Gasteiger partial charge is 0.393 e. The van der Waals surface area contributed by atoms with Gasteiger partial charge < -0.3 is 15.0 Å². The van der Waals surface area contributed by atoms with Gasteiger partial charge in [-0.3, -0.25) is 10.1 Å². The molecule has 0 fully saturated rings. The molecule has 0 saturated heterocycles. The Hall–Kier alpha value is -1.93. The molecule has 2 heterocycles. The summed E-state index contributed by atoms with van der Waals surface area (Å²) < 4.78 is 7.47. The van der Waals surface area contributed by atoms with Gasteiger partial charge in [0.15, 0.2) is 0 Å². The molecule has 0 aliphatic heterocycles. The third-order valence-corrected chi connectivity index (χ3v) is 4.94. The molecule has 2 aromatic rings. The van der Waals surface area contributed by atoms with E-state index in [1.54, 1.807) is 16.8 Å². The average molecular weight is 308 g/mol. The fourth-order valence-electron chi connectivity index (χ4n) is 1.94. The fraction of sp³-hybridized carbons (Fsp3) is 0.462. The van der Waals surface area contributed by atoms with Crippen LogP contribution in [0.15, 0.2) is 18.5 Å². The Bertz CT molecular complexity index is 663. The van der Waals surface area contributed by atoms with E-state index in [1.165, 1.54) is 6.20 Å². The molecule has 2 N–H and O–H groups in total. The summed E-state index contributed by atoms with van der Waals surface area (Å²) in [6, 6.07) is 2.82. The number of pyridine rings is 1. The van der Waals surface area contributed by atoms with E-state index in [1.807, 2.05) is 0 Å². The Balaban J connectivity index is 2.12. The summed E-state index contributed by atoms with van der Waals surface area (Å²) in [7, 11) is -1.11. The van der Waals surface area contributed by atoms with Crippen LogP contribution >= 0.6 is 0 Å². The van der Waals surface area contributed by atoms with Gasteiger partial charge in [-0.25, -0.2) is 4.98 Å². The van der Waals surface area contributed by atoms with Crippen molar-refractivity contribution in [3.8, 4) is 0 Å². The average Bonchev–Trinajstić information content (AvgIpc) is 2.77. The summed E-state index contributed by atoms with van der Waals surface area (Å²) >= 11 is 0. The quantitative estimate of drug-likeness (QED) is 0.383. The second kappa shape index (κ2) is 5.82. The summed E-state index contributed by atoms with van der Waals surface area (Å²) in [6.07, 6.45) is 2.97. The predicted octanol–water partition coefficient (Wildman–Crippen LogP) is 2.84. The number of hydrogen-bond donors (Lipinski definition) is 1. The molecule has 8 heteroatoms. The molecular weight excluding hydrogens is 288 g/mol. The van der Waals surface area contributed by atoms with Gasteiger partial charge in [0.25, 0.3) is 0 Å². The third-order valence-electron chi connectivity index (χ3n) is 3.23. The maximum Gasteiger partial charge on any atom is 0.311 e.